The molecule has 8 nitrogen and oxygen atoms in total. The number of aryl methyl sites for hydroxylation is 1. The zero-order valence-corrected chi connectivity index (χ0v) is 25.0. The van der Waals surface area contributed by atoms with Crippen molar-refractivity contribution in [3.63, 3.8) is 0 Å². The first-order valence-electron chi connectivity index (χ1n) is 14.8. The summed E-state index contributed by atoms with van der Waals surface area (Å²) in [5.41, 5.74) is 2.56. The van der Waals surface area contributed by atoms with E-state index in [1.807, 2.05) is 11.8 Å². The van der Waals surface area contributed by atoms with Crippen LogP contribution in [0, 0.1) is 24.7 Å². The van der Waals surface area contributed by atoms with Gasteiger partial charge in [0.25, 0.3) is 5.91 Å². The van der Waals surface area contributed by atoms with E-state index >= 15 is 0 Å². The second-order valence-corrected chi connectivity index (χ2v) is 14.5. The molecule has 0 N–H and O–H groups in total. The van der Waals surface area contributed by atoms with Crippen molar-refractivity contribution in [2.24, 2.45) is 17.8 Å². The fourth-order valence-electron chi connectivity index (χ4n) is 6.91. The van der Waals surface area contributed by atoms with Gasteiger partial charge in [0.1, 0.15) is 12.0 Å². The first kappa shape index (κ1) is 29.4. The van der Waals surface area contributed by atoms with Crippen LogP contribution in [-0.4, -0.2) is 90.0 Å². The minimum absolute atomic E-state index is 0.0375. The third kappa shape index (κ3) is 7.13. The van der Waals surface area contributed by atoms with Crippen LogP contribution in [-0.2, 0) is 16.4 Å². The summed E-state index contributed by atoms with van der Waals surface area (Å²) >= 11 is 0. The molecule has 2 aliphatic heterocycles. The number of amides is 1. The summed E-state index contributed by atoms with van der Waals surface area (Å²) in [7, 11) is -1.46. The summed E-state index contributed by atoms with van der Waals surface area (Å²) in [6, 6.07) is 0.546. The summed E-state index contributed by atoms with van der Waals surface area (Å²) < 4.78 is 25.3. The predicted molar refractivity (Wildman–Crippen MR) is 152 cm³/mol. The Kier molecular flexibility index (Phi) is 9.85. The van der Waals surface area contributed by atoms with Crippen molar-refractivity contribution in [3.8, 4) is 0 Å². The van der Waals surface area contributed by atoms with E-state index < -0.39 is 10.0 Å². The maximum atomic E-state index is 13.4. The average Bonchev–Trinajstić information content (AvgIpc) is 2.91. The van der Waals surface area contributed by atoms with E-state index in [9.17, 15) is 13.2 Å². The molecule has 1 aliphatic carbocycles. The van der Waals surface area contributed by atoms with Gasteiger partial charge < -0.3 is 9.80 Å². The van der Waals surface area contributed by atoms with Gasteiger partial charge in [0.15, 0.2) is 0 Å². The largest absolute Gasteiger partial charge is 0.337 e. The zero-order chi connectivity index (χ0) is 27.4. The van der Waals surface area contributed by atoms with Gasteiger partial charge in [0.05, 0.1) is 6.26 Å². The summed E-state index contributed by atoms with van der Waals surface area (Å²) in [5, 5.41) is 0. The van der Waals surface area contributed by atoms with Crippen LogP contribution in [0.25, 0.3) is 0 Å². The van der Waals surface area contributed by atoms with E-state index in [-0.39, 0.29) is 11.9 Å². The number of sulfonamides is 1. The summed E-state index contributed by atoms with van der Waals surface area (Å²) in [6.07, 6.45) is 13.9. The Hall–Kier alpha value is -1.58. The quantitative estimate of drug-likeness (QED) is 0.486. The lowest BCUT2D eigenvalue weighted by Crippen LogP contribution is -2.52. The average molecular weight is 548 g/mol. The molecule has 3 heterocycles. The number of piperidine rings is 2. The highest BCUT2D eigenvalue weighted by Gasteiger charge is 2.33. The lowest BCUT2D eigenvalue weighted by Gasteiger charge is -2.43. The molecule has 0 bridgehead atoms. The van der Waals surface area contributed by atoms with Gasteiger partial charge in [-0.25, -0.2) is 22.7 Å². The normalized spacial score (nSPS) is 24.9. The van der Waals surface area contributed by atoms with Crippen molar-refractivity contribution >= 4 is 15.9 Å². The van der Waals surface area contributed by atoms with Crippen LogP contribution in [0.2, 0.25) is 0 Å². The molecule has 2 saturated heterocycles. The van der Waals surface area contributed by atoms with E-state index in [0.717, 1.165) is 93.7 Å². The molecule has 3 fully saturated rings. The zero-order valence-electron chi connectivity index (χ0n) is 24.2. The Morgan fingerprint density at radius 2 is 1.63 bits per heavy atom. The minimum atomic E-state index is -3.15. The molecule has 3 aliphatic rings. The number of hydrogen-bond donors (Lipinski definition) is 0. The number of carbonyl (C=O) groups is 1. The van der Waals surface area contributed by atoms with Gasteiger partial charge in [-0.1, -0.05) is 26.7 Å². The first-order valence-corrected chi connectivity index (χ1v) is 16.7. The van der Waals surface area contributed by atoms with Crippen molar-refractivity contribution in [3.05, 3.63) is 23.3 Å². The predicted octanol–water partition coefficient (Wildman–Crippen LogP) is 4.14. The smallest absolute Gasteiger partial charge is 0.272 e. The van der Waals surface area contributed by atoms with Gasteiger partial charge in [0, 0.05) is 43.5 Å². The van der Waals surface area contributed by atoms with E-state index in [4.69, 9.17) is 0 Å². The fraction of sp³-hybridized carbons (Fsp3) is 0.828. The molecule has 0 unspecified atom stereocenters. The van der Waals surface area contributed by atoms with Crippen LogP contribution in [0.3, 0.4) is 0 Å². The second-order valence-electron chi connectivity index (χ2n) is 12.4. The van der Waals surface area contributed by atoms with E-state index in [0.29, 0.717) is 11.7 Å². The Balaban J connectivity index is 1.26. The van der Waals surface area contributed by atoms with Crippen molar-refractivity contribution in [1.82, 2.24) is 24.1 Å². The molecular formula is C29H49N5O3S. The highest BCUT2D eigenvalue weighted by molar-refractivity contribution is 7.88. The Morgan fingerprint density at radius 1 is 1.00 bits per heavy atom. The Labute approximate surface area is 230 Å². The fourth-order valence-corrected chi connectivity index (χ4v) is 7.66. The highest BCUT2D eigenvalue weighted by Crippen LogP contribution is 2.35. The van der Waals surface area contributed by atoms with Gasteiger partial charge in [-0.15, -0.1) is 0 Å². The third-order valence-electron chi connectivity index (χ3n) is 9.82. The third-order valence-corrected chi connectivity index (χ3v) is 11.2. The van der Waals surface area contributed by atoms with E-state index in [1.54, 1.807) is 13.4 Å². The maximum Gasteiger partial charge on any atom is 0.272 e. The Morgan fingerprint density at radius 3 is 2.21 bits per heavy atom. The first-order chi connectivity index (χ1) is 18.0. The molecule has 0 aromatic carbocycles. The van der Waals surface area contributed by atoms with Gasteiger partial charge in [-0.3, -0.25) is 4.79 Å². The van der Waals surface area contributed by atoms with Gasteiger partial charge >= 0.3 is 0 Å². The molecule has 1 amide bonds. The molecule has 1 aromatic rings. The Bertz CT molecular complexity index is 1040. The topological polar surface area (TPSA) is 86.7 Å². The lowest BCUT2D eigenvalue weighted by molar-refractivity contribution is 0.0542. The second kappa shape index (κ2) is 12.7. The summed E-state index contributed by atoms with van der Waals surface area (Å²) in [5.74, 6) is 2.48. The lowest BCUT2D eigenvalue weighted by atomic mass is 9.75. The maximum absolute atomic E-state index is 13.4. The molecule has 0 radical (unpaired) electrons. The van der Waals surface area contributed by atoms with Gasteiger partial charge in [-0.05, 0) is 89.1 Å². The van der Waals surface area contributed by atoms with Crippen molar-refractivity contribution in [1.29, 1.82) is 0 Å². The van der Waals surface area contributed by atoms with Crippen molar-refractivity contribution in [2.75, 3.05) is 39.5 Å². The number of hydrogen-bond acceptors (Lipinski definition) is 6. The van der Waals surface area contributed by atoms with Crippen LogP contribution < -0.4 is 0 Å². The number of rotatable bonds is 8. The van der Waals surface area contributed by atoms with Crippen LogP contribution in [0.1, 0.15) is 93.4 Å². The molecule has 38 heavy (non-hydrogen) atoms. The van der Waals surface area contributed by atoms with Crippen LogP contribution >= 0.6 is 0 Å². The van der Waals surface area contributed by atoms with Crippen LogP contribution in [0.15, 0.2) is 6.33 Å². The molecule has 1 aromatic heterocycles. The van der Waals surface area contributed by atoms with Crippen molar-refractivity contribution in [2.45, 2.75) is 97.1 Å². The number of carbonyl (C=O) groups excluding carboxylic acids is 1. The molecule has 9 heteroatoms. The van der Waals surface area contributed by atoms with Gasteiger partial charge in [-0.2, -0.15) is 0 Å². The van der Waals surface area contributed by atoms with Crippen LogP contribution in [0.5, 0.6) is 0 Å². The molecule has 214 valence electrons. The molecule has 0 atom stereocenters. The molecule has 4 rings (SSSR count). The minimum Gasteiger partial charge on any atom is -0.337 e. The monoisotopic (exact) mass is 547 g/mol. The number of aromatic nitrogens is 2. The molecule has 1 saturated carbocycles. The van der Waals surface area contributed by atoms with E-state index in [2.05, 4.69) is 28.7 Å². The number of likely N-dealkylation sites (tertiary alicyclic amines) is 2. The summed E-state index contributed by atoms with van der Waals surface area (Å²) in [4.78, 5) is 26.9. The SMILES string of the molecule is Cc1c(CCC2CCC(C(C)C)CC2)ncnc1C(=O)N1CCC(N2CCC(N(C)S(C)(=O)=O)CC2)CC1. The highest BCUT2D eigenvalue weighted by atomic mass is 32.2. The van der Waals surface area contributed by atoms with E-state index in [1.165, 1.54) is 36.2 Å². The van der Waals surface area contributed by atoms with Gasteiger partial charge in [0.2, 0.25) is 10.0 Å². The number of nitrogens with zero attached hydrogens (tertiary/aromatic N) is 5. The standard InChI is InChI=1S/C29H49N5O3S/c1-21(2)24-9-6-23(7-10-24)8-11-27-22(3)28(31-20-30-27)29(35)34-18-14-26(15-19-34)33-16-12-25(13-17-33)32(4)38(5,36)37/h20-21,23-26H,6-19H2,1-5H3. The van der Waals surface area contributed by atoms with Crippen LogP contribution in [0.4, 0.5) is 0 Å². The molecule has 0 spiro atoms. The summed E-state index contributed by atoms with van der Waals surface area (Å²) in [6.45, 7) is 10.0. The molecular weight excluding hydrogens is 498 g/mol. The van der Waals surface area contributed by atoms with Crippen molar-refractivity contribution < 1.29 is 13.2 Å².